The van der Waals surface area contributed by atoms with Gasteiger partial charge in [-0.3, -0.25) is 9.59 Å². The number of hydrogen-bond acceptors (Lipinski definition) is 6. The fraction of sp³-hybridized carbons (Fsp3) is 0.278. The number of carbonyl (C=O) groups excluding carboxylic acids is 2. The first-order chi connectivity index (χ1) is 12.9. The van der Waals surface area contributed by atoms with E-state index >= 15 is 0 Å². The molecule has 2 amide bonds. The summed E-state index contributed by atoms with van der Waals surface area (Å²) in [5.74, 6) is -0.0650. The molecule has 1 aromatic carbocycles. The standard InChI is InChI=1S/C18H20N6O2S/c1-12-4-5-13(2)15(8-12)19-16(25)9-23(3)17(26)10-24-21-18(20-22-24)14-6-7-27-11-14/h4-8,11H,9-10H2,1-3H3,(H,19,25). The number of likely N-dealkylation sites (N-methyl/N-ethyl adjacent to an activating group) is 1. The number of aryl methyl sites for hydroxylation is 2. The molecule has 8 nitrogen and oxygen atoms in total. The van der Waals surface area contributed by atoms with Gasteiger partial charge in [-0.15, -0.1) is 10.2 Å². The normalized spacial score (nSPS) is 10.6. The number of nitrogens with one attached hydrogen (secondary N) is 1. The van der Waals surface area contributed by atoms with Gasteiger partial charge in [0.1, 0.15) is 6.54 Å². The van der Waals surface area contributed by atoms with Gasteiger partial charge in [-0.05, 0) is 47.7 Å². The van der Waals surface area contributed by atoms with Crippen LogP contribution in [0, 0.1) is 13.8 Å². The van der Waals surface area contributed by atoms with Crippen molar-refractivity contribution in [2.45, 2.75) is 20.4 Å². The van der Waals surface area contributed by atoms with Crippen LogP contribution >= 0.6 is 11.3 Å². The highest BCUT2D eigenvalue weighted by Gasteiger charge is 2.16. The molecule has 0 spiro atoms. The van der Waals surface area contributed by atoms with Crippen molar-refractivity contribution in [2.24, 2.45) is 0 Å². The van der Waals surface area contributed by atoms with Crippen LogP contribution in [0.2, 0.25) is 0 Å². The minimum Gasteiger partial charge on any atom is -0.335 e. The number of rotatable bonds is 6. The maximum absolute atomic E-state index is 12.3. The van der Waals surface area contributed by atoms with Crippen molar-refractivity contribution in [3.8, 4) is 11.4 Å². The van der Waals surface area contributed by atoms with Gasteiger partial charge in [0.05, 0.1) is 6.54 Å². The number of aromatic nitrogens is 4. The molecule has 2 heterocycles. The van der Waals surface area contributed by atoms with Gasteiger partial charge >= 0.3 is 0 Å². The lowest BCUT2D eigenvalue weighted by Crippen LogP contribution is -2.37. The molecule has 0 saturated carbocycles. The molecule has 3 rings (SSSR count). The third-order valence-electron chi connectivity index (χ3n) is 3.98. The van der Waals surface area contributed by atoms with E-state index in [-0.39, 0.29) is 24.9 Å². The van der Waals surface area contributed by atoms with E-state index in [4.69, 9.17) is 0 Å². The van der Waals surface area contributed by atoms with Crippen LogP contribution in [0.1, 0.15) is 11.1 Å². The molecule has 9 heteroatoms. The summed E-state index contributed by atoms with van der Waals surface area (Å²) in [4.78, 5) is 27.2. The predicted octanol–water partition coefficient (Wildman–Crippen LogP) is 2.12. The van der Waals surface area contributed by atoms with E-state index in [1.165, 1.54) is 21.0 Å². The average Bonchev–Trinajstić information content (AvgIpc) is 3.29. The van der Waals surface area contributed by atoms with Gasteiger partial charge in [0.2, 0.25) is 17.6 Å². The van der Waals surface area contributed by atoms with Crippen molar-refractivity contribution >= 4 is 28.8 Å². The van der Waals surface area contributed by atoms with Crippen LogP contribution in [0.5, 0.6) is 0 Å². The SMILES string of the molecule is Cc1ccc(C)c(NC(=O)CN(C)C(=O)Cn2nnc(-c3ccsc3)n2)c1. The summed E-state index contributed by atoms with van der Waals surface area (Å²) in [6.07, 6.45) is 0. The molecule has 0 fully saturated rings. The Kier molecular flexibility index (Phi) is 5.60. The number of hydrogen-bond donors (Lipinski definition) is 1. The van der Waals surface area contributed by atoms with Crippen LogP contribution in [0.4, 0.5) is 5.69 Å². The number of benzene rings is 1. The van der Waals surface area contributed by atoms with E-state index in [1.54, 1.807) is 7.05 Å². The van der Waals surface area contributed by atoms with Crippen LogP contribution < -0.4 is 5.32 Å². The van der Waals surface area contributed by atoms with E-state index in [9.17, 15) is 9.59 Å². The highest BCUT2D eigenvalue weighted by molar-refractivity contribution is 7.08. The molecule has 1 N–H and O–H groups in total. The summed E-state index contributed by atoms with van der Waals surface area (Å²) in [5.41, 5.74) is 3.63. The predicted molar refractivity (Wildman–Crippen MR) is 103 cm³/mol. The van der Waals surface area contributed by atoms with Crippen LogP contribution in [0.15, 0.2) is 35.0 Å². The summed E-state index contributed by atoms with van der Waals surface area (Å²) in [6, 6.07) is 7.72. The number of thiophene rings is 1. The lowest BCUT2D eigenvalue weighted by molar-refractivity contribution is -0.134. The fourth-order valence-electron chi connectivity index (χ4n) is 2.42. The fourth-order valence-corrected chi connectivity index (χ4v) is 3.06. The first-order valence-corrected chi connectivity index (χ1v) is 9.28. The lowest BCUT2D eigenvalue weighted by Gasteiger charge is -2.17. The van der Waals surface area contributed by atoms with Crippen molar-refractivity contribution in [1.29, 1.82) is 0 Å². The van der Waals surface area contributed by atoms with E-state index in [0.29, 0.717) is 5.82 Å². The molecule has 0 saturated heterocycles. The zero-order valence-corrected chi connectivity index (χ0v) is 16.2. The van der Waals surface area contributed by atoms with E-state index in [2.05, 4.69) is 20.7 Å². The van der Waals surface area contributed by atoms with Crippen molar-refractivity contribution in [2.75, 3.05) is 18.9 Å². The maximum Gasteiger partial charge on any atom is 0.246 e. The smallest absolute Gasteiger partial charge is 0.246 e. The molecule has 140 valence electrons. The highest BCUT2D eigenvalue weighted by Crippen LogP contribution is 2.17. The molecule has 0 aliphatic heterocycles. The van der Waals surface area contributed by atoms with Crippen LogP contribution in [0.3, 0.4) is 0 Å². The minimum atomic E-state index is -0.277. The van der Waals surface area contributed by atoms with Gasteiger partial charge in [0.15, 0.2) is 0 Å². The Bertz CT molecular complexity index is 951. The van der Waals surface area contributed by atoms with E-state index < -0.39 is 0 Å². The third kappa shape index (κ3) is 4.76. The highest BCUT2D eigenvalue weighted by atomic mass is 32.1. The minimum absolute atomic E-state index is 0.0572. The second-order valence-corrected chi connectivity index (χ2v) is 7.05. The summed E-state index contributed by atoms with van der Waals surface area (Å²) in [7, 11) is 1.57. The Hall–Kier alpha value is -3.07. The lowest BCUT2D eigenvalue weighted by atomic mass is 10.1. The van der Waals surface area contributed by atoms with Gasteiger partial charge < -0.3 is 10.2 Å². The van der Waals surface area contributed by atoms with Gasteiger partial charge in [-0.2, -0.15) is 16.1 Å². The van der Waals surface area contributed by atoms with E-state index in [0.717, 1.165) is 22.4 Å². The van der Waals surface area contributed by atoms with Crippen molar-refractivity contribution in [3.05, 3.63) is 46.2 Å². The third-order valence-corrected chi connectivity index (χ3v) is 4.67. The molecule has 27 heavy (non-hydrogen) atoms. The van der Waals surface area contributed by atoms with Crippen LogP contribution in [0.25, 0.3) is 11.4 Å². The van der Waals surface area contributed by atoms with Gasteiger partial charge in [-0.1, -0.05) is 12.1 Å². The maximum atomic E-state index is 12.3. The first-order valence-electron chi connectivity index (χ1n) is 8.34. The molecule has 0 aliphatic rings. The molecule has 0 radical (unpaired) electrons. The molecular formula is C18H20N6O2S. The van der Waals surface area contributed by atoms with Gasteiger partial charge in [0.25, 0.3) is 0 Å². The number of anilines is 1. The summed E-state index contributed by atoms with van der Waals surface area (Å²) < 4.78 is 0. The molecule has 0 unspecified atom stereocenters. The average molecular weight is 384 g/mol. The number of carbonyl (C=O) groups is 2. The number of amides is 2. The zero-order valence-electron chi connectivity index (χ0n) is 15.3. The number of nitrogens with zero attached hydrogens (tertiary/aromatic N) is 5. The Morgan fingerprint density at radius 3 is 2.81 bits per heavy atom. The Labute approximate surface area is 160 Å². The van der Waals surface area contributed by atoms with Crippen molar-refractivity contribution in [1.82, 2.24) is 25.1 Å². The molecule has 0 aliphatic carbocycles. The largest absolute Gasteiger partial charge is 0.335 e. The number of tetrazole rings is 1. The Balaban J connectivity index is 1.56. The van der Waals surface area contributed by atoms with Gasteiger partial charge in [-0.25, -0.2) is 0 Å². The topological polar surface area (TPSA) is 93.0 Å². The summed E-state index contributed by atoms with van der Waals surface area (Å²) in [6.45, 7) is 3.74. The second kappa shape index (κ2) is 8.09. The quantitative estimate of drug-likeness (QED) is 0.703. The van der Waals surface area contributed by atoms with Crippen molar-refractivity contribution in [3.63, 3.8) is 0 Å². The molecule has 0 atom stereocenters. The molecular weight excluding hydrogens is 364 g/mol. The molecule has 3 aromatic rings. The molecule has 0 bridgehead atoms. The second-order valence-electron chi connectivity index (χ2n) is 6.27. The van der Waals surface area contributed by atoms with Gasteiger partial charge in [0, 0.05) is 23.7 Å². The Morgan fingerprint density at radius 2 is 2.07 bits per heavy atom. The van der Waals surface area contributed by atoms with Crippen molar-refractivity contribution < 1.29 is 9.59 Å². The Morgan fingerprint density at radius 1 is 1.26 bits per heavy atom. The van der Waals surface area contributed by atoms with Crippen LogP contribution in [-0.2, 0) is 16.1 Å². The van der Waals surface area contributed by atoms with Crippen LogP contribution in [-0.4, -0.2) is 50.5 Å². The van der Waals surface area contributed by atoms with E-state index in [1.807, 2.05) is 48.9 Å². The first kappa shape index (κ1) is 18.7. The monoisotopic (exact) mass is 384 g/mol. The summed E-state index contributed by atoms with van der Waals surface area (Å²) in [5, 5.41) is 18.7. The zero-order chi connectivity index (χ0) is 19.4. The molecule has 2 aromatic heterocycles. The summed E-state index contributed by atoms with van der Waals surface area (Å²) >= 11 is 1.54.